The SMILES string of the molecule is COc1cc([N+](=O)[O-])ccc1-n1c(C)cc([C@H]2[C@@H](c3ccccn3)NC(=S)N2c2ccc(Sc3ccc([N+](=O)[O-])cc3)cc2)c1C. The third-order valence-electron chi connectivity index (χ3n) is 7.90. The number of anilines is 1. The van der Waals surface area contributed by atoms with E-state index in [1.807, 2.05) is 60.9 Å². The molecule has 3 aromatic carbocycles. The van der Waals surface area contributed by atoms with Gasteiger partial charge in [-0.2, -0.15) is 0 Å². The Balaban J connectivity index is 1.39. The van der Waals surface area contributed by atoms with Crippen molar-refractivity contribution in [3.63, 3.8) is 0 Å². The van der Waals surface area contributed by atoms with Gasteiger partial charge in [-0.25, -0.2) is 0 Å². The molecule has 46 heavy (non-hydrogen) atoms. The number of pyridine rings is 1. The Morgan fingerprint density at radius 3 is 2.15 bits per heavy atom. The fourth-order valence-electron chi connectivity index (χ4n) is 5.82. The number of rotatable bonds is 9. The number of nitro benzene ring substituents is 2. The number of ether oxygens (including phenoxy) is 1. The smallest absolute Gasteiger partial charge is 0.273 e. The summed E-state index contributed by atoms with van der Waals surface area (Å²) in [5.74, 6) is 0.391. The normalized spacial score (nSPS) is 15.9. The van der Waals surface area contributed by atoms with Crippen LogP contribution in [0.1, 0.15) is 34.7 Å². The summed E-state index contributed by atoms with van der Waals surface area (Å²) >= 11 is 7.45. The van der Waals surface area contributed by atoms with Crippen LogP contribution in [0.5, 0.6) is 5.75 Å². The first kappa shape index (κ1) is 30.7. The van der Waals surface area contributed by atoms with Gasteiger partial charge in [-0.05, 0) is 92.3 Å². The molecule has 2 aromatic heterocycles. The molecule has 0 unspecified atom stereocenters. The molecule has 1 fully saturated rings. The average Bonchev–Trinajstić information content (AvgIpc) is 3.55. The fourth-order valence-corrected chi connectivity index (χ4v) is 6.98. The zero-order valence-electron chi connectivity index (χ0n) is 25.0. The molecule has 1 saturated heterocycles. The summed E-state index contributed by atoms with van der Waals surface area (Å²) < 4.78 is 7.63. The number of benzene rings is 3. The lowest BCUT2D eigenvalue weighted by Gasteiger charge is -2.28. The molecule has 232 valence electrons. The number of aryl methyl sites for hydroxylation is 1. The summed E-state index contributed by atoms with van der Waals surface area (Å²) in [5, 5.41) is 26.5. The predicted molar refractivity (Wildman–Crippen MR) is 180 cm³/mol. The molecule has 0 spiro atoms. The van der Waals surface area contributed by atoms with Crippen LogP contribution in [0.25, 0.3) is 5.69 Å². The molecular weight excluding hydrogens is 625 g/mol. The van der Waals surface area contributed by atoms with Crippen molar-refractivity contribution in [2.24, 2.45) is 0 Å². The highest BCUT2D eigenvalue weighted by atomic mass is 32.2. The Bertz CT molecular complexity index is 1950. The Kier molecular flexibility index (Phi) is 8.43. The summed E-state index contributed by atoms with van der Waals surface area (Å²) in [6.45, 7) is 4.00. The average molecular weight is 653 g/mol. The topological polar surface area (TPSA) is 129 Å². The van der Waals surface area contributed by atoms with E-state index in [9.17, 15) is 20.2 Å². The number of nitrogens with zero attached hydrogens (tertiary/aromatic N) is 5. The highest BCUT2D eigenvalue weighted by molar-refractivity contribution is 7.99. The van der Waals surface area contributed by atoms with Crippen molar-refractivity contribution in [3.05, 3.63) is 140 Å². The summed E-state index contributed by atoms with van der Waals surface area (Å²) in [7, 11) is 1.50. The molecule has 1 N–H and O–H groups in total. The first-order valence-corrected chi connectivity index (χ1v) is 15.4. The van der Waals surface area contributed by atoms with Gasteiger partial charge in [-0.3, -0.25) is 25.2 Å². The number of aromatic nitrogens is 2. The largest absolute Gasteiger partial charge is 0.494 e. The van der Waals surface area contributed by atoms with Crippen LogP contribution in [0.3, 0.4) is 0 Å². The van der Waals surface area contributed by atoms with Gasteiger partial charge in [0.25, 0.3) is 11.4 Å². The third-order valence-corrected chi connectivity index (χ3v) is 9.23. The minimum absolute atomic E-state index is 0.0506. The van der Waals surface area contributed by atoms with E-state index in [4.69, 9.17) is 17.0 Å². The van der Waals surface area contributed by atoms with Crippen LogP contribution >= 0.6 is 24.0 Å². The van der Waals surface area contributed by atoms with E-state index in [-0.39, 0.29) is 23.5 Å². The summed E-state index contributed by atoms with van der Waals surface area (Å²) in [4.78, 5) is 30.2. The lowest BCUT2D eigenvalue weighted by Crippen LogP contribution is -2.29. The van der Waals surface area contributed by atoms with Gasteiger partial charge in [-0.1, -0.05) is 17.8 Å². The molecule has 13 heteroatoms. The first-order valence-electron chi connectivity index (χ1n) is 14.2. The Hall–Kier alpha value is -5.27. The zero-order valence-corrected chi connectivity index (χ0v) is 26.6. The van der Waals surface area contributed by atoms with Crippen molar-refractivity contribution in [1.29, 1.82) is 0 Å². The number of thiocarbonyl (C=S) groups is 1. The monoisotopic (exact) mass is 652 g/mol. The molecule has 0 saturated carbocycles. The number of hydrogen-bond donors (Lipinski definition) is 1. The Labute approximate surface area is 274 Å². The van der Waals surface area contributed by atoms with Crippen molar-refractivity contribution in [1.82, 2.24) is 14.9 Å². The molecule has 0 aliphatic carbocycles. The predicted octanol–water partition coefficient (Wildman–Crippen LogP) is 7.64. The lowest BCUT2D eigenvalue weighted by atomic mass is 9.96. The molecule has 0 amide bonds. The fraction of sp³-hybridized carbons (Fsp3) is 0.152. The minimum atomic E-state index is -0.441. The van der Waals surface area contributed by atoms with Gasteiger partial charge in [0.1, 0.15) is 5.75 Å². The van der Waals surface area contributed by atoms with Gasteiger partial charge in [-0.15, -0.1) is 0 Å². The second-order valence-electron chi connectivity index (χ2n) is 10.6. The molecule has 2 atom stereocenters. The van der Waals surface area contributed by atoms with Crippen LogP contribution in [0, 0.1) is 34.1 Å². The number of hydrogen-bond acceptors (Lipinski definition) is 8. The van der Waals surface area contributed by atoms with E-state index in [1.54, 1.807) is 24.4 Å². The quantitative estimate of drug-likeness (QED) is 0.0963. The summed E-state index contributed by atoms with van der Waals surface area (Å²) in [6, 6.07) is 26.4. The van der Waals surface area contributed by atoms with Crippen LogP contribution < -0.4 is 15.0 Å². The molecule has 0 radical (unpaired) electrons. The van der Waals surface area contributed by atoms with E-state index in [0.717, 1.165) is 38.1 Å². The summed E-state index contributed by atoms with van der Waals surface area (Å²) in [6.07, 6.45) is 1.76. The van der Waals surface area contributed by atoms with Crippen LogP contribution in [0.15, 0.2) is 107 Å². The number of methoxy groups -OCH3 is 1. The maximum absolute atomic E-state index is 11.4. The zero-order chi connectivity index (χ0) is 32.5. The van der Waals surface area contributed by atoms with E-state index in [2.05, 4.69) is 21.3 Å². The van der Waals surface area contributed by atoms with Crippen LogP contribution in [-0.4, -0.2) is 31.6 Å². The number of non-ortho nitro benzene ring substituents is 2. The van der Waals surface area contributed by atoms with Gasteiger partial charge in [0.2, 0.25) is 0 Å². The van der Waals surface area contributed by atoms with Crippen molar-refractivity contribution in [3.8, 4) is 11.4 Å². The Morgan fingerprint density at radius 2 is 1.54 bits per heavy atom. The second kappa shape index (κ2) is 12.6. The van der Waals surface area contributed by atoms with Crippen LogP contribution in [0.2, 0.25) is 0 Å². The van der Waals surface area contributed by atoms with E-state index >= 15 is 0 Å². The highest BCUT2D eigenvalue weighted by Gasteiger charge is 2.42. The van der Waals surface area contributed by atoms with Gasteiger partial charge in [0, 0.05) is 51.3 Å². The highest BCUT2D eigenvalue weighted by Crippen LogP contribution is 2.45. The third kappa shape index (κ3) is 5.77. The van der Waals surface area contributed by atoms with Gasteiger partial charge in [0.15, 0.2) is 5.11 Å². The lowest BCUT2D eigenvalue weighted by molar-refractivity contribution is -0.385. The summed E-state index contributed by atoms with van der Waals surface area (Å²) in [5.41, 5.74) is 5.26. The first-order chi connectivity index (χ1) is 22.2. The second-order valence-corrected chi connectivity index (χ2v) is 12.2. The molecule has 6 rings (SSSR count). The van der Waals surface area contributed by atoms with Gasteiger partial charge < -0.3 is 19.5 Å². The van der Waals surface area contributed by atoms with Gasteiger partial charge >= 0.3 is 0 Å². The van der Waals surface area contributed by atoms with Crippen molar-refractivity contribution >= 4 is 46.2 Å². The molecular formula is C33H28N6O5S2. The minimum Gasteiger partial charge on any atom is -0.494 e. The Morgan fingerprint density at radius 1 is 0.891 bits per heavy atom. The number of nitro groups is 2. The number of nitrogens with one attached hydrogen (secondary N) is 1. The van der Waals surface area contributed by atoms with E-state index < -0.39 is 9.85 Å². The maximum atomic E-state index is 11.4. The molecule has 0 bridgehead atoms. The van der Waals surface area contributed by atoms with E-state index in [1.165, 1.54) is 43.1 Å². The standard InChI is InChI=1S/C33H28N6O5S2/c1-20-18-27(21(2)36(20)29-16-11-24(39(42)43)19-30(29)44-3)32-31(28-6-4-5-17-34-28)35-33(45)37(32)22-7-12-25(13-8-22)46-26-14-9-23(10-15-26)38(40)41/h4-19,31-32H,1-3H3,(H,35,45)/t31-,32+/m1/s1. The van der Waals surface area contributed by atoms with Crippen LogP contribution in [-0.2, 0) is 0 Å². The van der Waals surface area contributed by atoms with Crippen molar-refractivity contribution < 1.29 is 14.6 Å². The van der Waals surface area contributed by atoms with E-state index in [0.29, 0.717) is 16.5 Å². The molecule has 5 aromatic rings. The van der Waals surface area contributed by atoms with Crippen molar-refractivity contribution in [2.45, 2.75) is 35.7 Å². The van der Waals surface area contributed by atoms with Gasteiger partial charge in [0.05, 0.1) is 46.5 Å². The van der Waals surface area contributed by atoms with Crippen molar-refractivity contribution in [2.75, 3.05) is 12.0 Å². The molecule has 11 nitrogen and oxygen atoms in total. The molecule has 3 heterocycles. The molecule has 1 aliphatic rings. The van der Waals surface area contributed by atoms with Crippen LogP contribution in [0.4, 0.5) is 17.1 Å². The maximum Gasteiger partial charge on any atom is 0.273 e. The molecule has 1 aliphatic heterocycles.